The topological polar surface area (TPSA) is 12.0 Å². The Labute approximate surface area is 117 Å². The van der Waals surface area contributed by atoms with E-state index in [9.17, 15) is 0 Å². The van der Waals surface area contributed by atoms with Gasteiger partial charge in [-0.3, -0.25) is 0 Å². The molecule has 2 heteroatoms. The number of benzene rings is 1. The molecule has 0 radical (unpaired) electrons. The van der Waals surface area contributed by atoms with Crippen molar-refractivity contribution in [1.82, 2.24) is 5.32 Å². The maximum atomic E-state index is 3.65. The van der Waals surface area contributed by atoms with Gasteiger partial charge in [0.25, 0.3) is 0 Å². The Morgan fingerprint density at radius 1 is 1.11 bits per heavy atom. The first-order chi connectivity index (χ1) is 8.45. The van der Waals surface area contributed by atoms with Crippen LogP contribution < -0.4 is 5.32 Å². The summed E-state index contributed by atoms with van der Waals surface area (Å²) in [5.41, 5.74) is 5.64. The van der Waals surface area contributed by atoms with Crippen LogP contribution in [-0.4, -0.2) is 18.1 Å². The minimum absolute atomic E-state index is 0.444. The minimum atomic E-state index is 0.444. The van der Waals surface area contributed by atoms with E-state index < -0.39 is 0 Å². The molecule has 0 saturated carbocycles. The first-order valence-corrected chi connectivity index (χ1v) is 8.08. The van der Waals surface area contributed by atoms with Crippen LogP contribution in [0.15, 0.2) is 12.1 Å². The molecule has 0 aliphatic heterocycles. The van der Waals surface area contributed by atoms with Crippen molar-refractivity contribution in [3.63, 3.8) is 0 Å². The molecule has 0 amide bonds. The molecule has 2 unspecified atom stereocenters. The second-order valence-electron chi connectivity index (χ2n) is 5.32. The molecule has 1 nitrogen and oxygen atoms in total. The largest absolute Gasteiger partial charge is 0.310 e. The van der Waals surface area contributed by atoms with E-state index in [1.807, 2.05) is 11.8 Å². The number of rotatable bonds is 6. The SMILES string of the molecule is CSC(C)CCNC(C)c1c(C)cc(C)cc1C. The Hall–Kier alpha value is -0.470. The number of hydrogen-bond acceptors (Lipinski definition) is 2. The molecule has 0 fully saturated rings. The number of thioether (sulfide) groups is 1. The predicted octanol–water partition coefficient (Wildman–Crippen LogP) is 4.40. The van der Waals surface area contributed by atoms with E-state index in [1.54, 1.807) is 0 Å². The molecule has 1 rings (SSSR count). The van der Waals surface area contributed by atoms with Gasteiger partial charge in [0.2, 0.25) is 0 Å². The van der Waals surface area contributed by atoms with Gasteiger partial charge in [-0.1, -0.05) is 24.6 Å². The molecule has 18 heavy (non-hydrogen) atoms. The van der Waals surface area contributed by atoms with Gasteiger partial charge in [-0.05, 0) is 63.6 Å². The van der Waals surface area contributed by atoms with Crippen LogP contribution in [0, 0.1) is 20.8 Å². The Bertz CT molecular complexity index is 364. The minimum Gasteiger partial charge on any atom is -0.310 e. The van der Waals surface area contributed by atoms with E-state index in [0.717, 1.165) is 11.8 Å². The number of nitrogens with one attached hydrogen (secondary N) is 1. The van der Waals surface area contributed by atoms with Crippen LogP contribution in [0.3, 0.4) is 0 Å². The standard InChI is InChI=1S/C16H27NS/c1-11-9-12(2)16(13(3)10-11)15(5)17-8-7-14(4)18-6/h9-10,14-15,17H,7-8H2,1-6H3. The van der Waals surface area contributed by atoms with Crippen molar-refractivity contribution in [2.45, 2.75) is 52.3 Å². The lowest BCUT2D eigenvalue weighted by atomic mass is 9.95. The smallest absolute Gasteiger partial charge is 0.0297 e. The van der Waals surface area contributed by atoms with Gasteiger partial charge in [0, 0.05) is 11.3 Å². The van der Waals surface area contributed by atoms with Crippen molar-refractivity contribution < 1.29 is 0 Å². The number of hydrogen-bond donors (Lipinski definition) is 1. The zero-order valence-electron chi connectivity index (χ0n) is 12.6. The maximum Gasteiger partial charge on any atom is 0.0297 e. The van der Waals surface area contributed by atoms with Gasteiger partial charge < -0.3 is 5.32 Å². The zero-order valence-corrected chi connectivity index (χ0v) is 13.4. The van der Waals surface area contributed by atoms with E-state index in [-0.39, 0.29) is 0 Å². The van der Waals surface area contributed by atoms with Gasteiger partial charge in [-0.2, -0.15) is 11.8 Å². The van der Waals surface area contributed by atoms with Crippen molar-refractivity contribution in [3.8, 4) is 0 Å². The first kappa shape index (κ1) is 15.6. The van der Waals surface area contributed by atoms with Crippen molar-refractivity contribution in [1.29, 1.82) is 0 Å². The van der Waals surface area contributed by atoms with E-state index >= 15 is 0 Å². The number of aryl methyl sites for hydroxylation is 3. The van der Waals surface area contributed by atoms with Crippen molar-refractivity contribution in [3.05, 3.63) is 34.4 Å². The van der Waals surface area contributed by atoms with Crippen LogP contribution in [0.2, 0.25) is 0 Å². The monoisotopic (exact) mass is 265 g/mol. The second-order valence-corrected chi connectivity index (χ2v) is 6.60. The Morgan fingerprint density at radius 2 is 1.67 bits per heavy atom. The third-order valence-electron chi connectivity index (χ3n) is 3.57. The molecule has 0 aliphatic rings. The van der Waals surface area contributed by atoms with E-state index in [4.69, 9.17) is 0 Å². The van der Waals surface area contributed by atoms with Crippen LogP contribution in [0.5, 0.6) is 0 Å². The van der Waals surface area contributed by atoms with Crippen LogP contribution in [0.1, 0.15) is 48.6 Å². The van der Waals surface area contributed by atoms with Crippen molar-refractivity contribution in [2.24, 2.45) is 0 Å². The molecular weight excluding hydrogens is 238 g/mol. The fraction of sp³-hybridized carbons (Fsp3) is 0.625. The maximum absolute atomic E-state index is 3.65. The van der Waals surface area contributed by atoms with E-state index in [0.29, 0.717) is 6.04 Å². The highest BCUT2D eigenvalue weighted by molar-refractivity contribution is 7.99. The van der Waals surface area contributed by atoms with Crippen molar-refractivity contribution >= 4 is 11.8 Å². The summed E-state index contributed by atoms with van der Waals surface area (Å²) < 4.78 is 0. The van der Waals surface area contributed by atoms with Gasteiger partial charge in [0.15, 0.2) is 0 Å². The highest BCUT2D eigenvalue weighted by atomic mass is 32.2. The predicted molar refractivity (Wildman–Crippen MR) is 84.7 cm³/mol. The summed E-state index contributed by atoms with van der Waals surface area (Å²) in [6, 6.07) is 5.01. The zero-order chi connectivity index (χ0) is 13.7. The summed E-state index contributed by atoms with van der Waals surface area (Å²) in [6.45, 7) is 12.3. The summed E-state index contributed by atoms with van der Waals surface area (Å²) in [7, 11) is 0. The first-order valence-electron chi connectivity index (χ1n) is 6.79. The molecular formula is C16H27NS. The third kappa shape index (κ3) is 4.33. The summed E-state index contributed by atoms with van der Waals surface area (Å²) in [6.07, 6.45) is 3.41. The molecule has 1 aromatic rings. The quantitative estimate of drug-likeness (QED) is 0.818. The lowest BCUT2D eigenvalue weighted by Gasteiger charge is -2.20. The summed E-state index contributed by atoms with van der Waals surface area (Å²) in [5, 5.41) is 4.39. The Morgan fingerprint density at radius 3 is 2.17 bits per heavy atom. The fourth-order valence-corrected chi connectivity index (χ4v) is 2.95. The van der Waals surface area contributed by atoms with Crippen LogP contribution >= 0.6 is 11.8 Å². The highest BCUT2D eigenvalue weighted by Crippen LogP contribution is 2.23. The molecule has 2 atom stereocenters. The van der Waals surface area contributed by atoms with E-state index in [2.05, 4.69) is 58.3 Å². The molecule has 1 aromatic carbocycles. The highest BCUT2D eigenvalue weighted by Gasteiger charge is 2.11. The molecule has 0 spiro atoms. The molecule has 0 saturated heterocycles. The molecule has 1 N–H and O–H groups in total. The normalized spacial score (nSPS) is 14.6. The fourth-order valence-electron chi connectivity index (χ4n) is 2.60. The molecule has 0 bridgehead atoms. The molecule has 0 aliphatic carbocycles. The van der Waals surface area contributed by atoms with Gasteiger partial charge in [0.05, 0.1) is 0 Å². The second kappa shape index (κ2) is 7.20. The van der Waals surface area contributed by atoms with Gasteiger partial charge in [-0.15, -0.1) is 0 Å². The average Bonchev–Trinajstić information content (AvgIpc) is 2.27. The third-order valence-corrected chi connectivity index (χ3v) is 4.62. The van der Waals surface area contributed by atoms with Gasteiger partial charge in [0.1, 0.15) is 0 Å². The summed E-state index contributed by atoms with van der Waals surface area (Å²) >= 11 is 1.94. The lowest BCUT2D eigenvalue weighted by Crippen LogP contribution is -2.23. The average molecular weight is 265 g/mol. The lowest BCUT2D eigenvalue weighted by molar-refractivity contribution is 0.554. The molecule has 102 valence electrons. The molecule has 0 heterocycles. The summed E-state index contributed by atoms with van der Waals surface area (Å²) in [5.74, 6) is 0. The van der Waals surface area contributed by atoms with Crippen LogP contribution in [-0.2, 0) is 0 Å². The van der Waals surface area contributed by atoms with Crippen LogP contribution in [0.4, 0.5) is 0 Å². The van der Waals surface area contributed by atoms with Crippen molar-refractivity contribution in [2.75, 3.05) is 12.8 Å². The van der Waals surface area contributed by atoms with Crippen LogP contribution in [0.25, 0.3) is 0 Å². The Kier molecular flexibility index (Phi) is 6.24. The van der Waals surface area contributed by atoms with Gasteiger partial charge in [-0.25, -0.2) is 0 Å². The van der Waals surface area contributed by atoms with Gasteiger partial charge >= 0.3 is 0 Å². The Balaban J connectivity index is 2.64. The molecule has 0 aromatic heterocycles. The summed E-state index contributed by atoms with van der Waals surface area (Å²) in [4.78, 5) is 0. The van der Waals surface area contributed by atoms with E-state index in [1.165, 1.54) is 28.7 Å².